The van der Waals surface area contributed by atoms with Crippen LogP contribution < -0.4 is 20.3 Å². The van der Waals surface area contributed by atoms with Crippen LogP contribution in [0.5, 0.6) is 11.8 Å². The third-order valence-corrected chi connectivity index (χ3v) is 7.52. The Hall–Kier alpha value is -2.62. The number of nitrogens with zero attached hydrogens (tertiary/aromatic N) is 4. The van der Waals surface area contributed by atoms with Crippen LogP contribution in [0.2, 0.25) is 0 Å². The second-order valence-electron chi connectivity index (χ2n) is 8.58. The number of aromatic nitrogens is 4. The number of fused-ring (bicyclic) bond motifs is 2. The summed E-state index contributed by atoms with van der Waals surface area (Å²) in [5.74, 6) is 1.61. The fourth-order valence-corrected chi connectivity index (χ4v) is 5.94. The lowest BCUT2D eigenvalue weighted by Crippen LogP contribution is -2.41. The first kappa shape index (κ1) is 21.2. The highest BCUT2D eigenvalue weighted by atomic mass is 32.2. The SMILES string of the molecule is COc1cncc(OC2CCC(NC(=O)CC3CSc4nc5c(c(=O)n43)CCC5)CC2)n1. The number of carbonyl (C=O) groups is 1. The number of rotatable bonds is 6. The number of hydrogen-bond acceptors (Lipinski definition) is 8. The predicted octanol–water partition coefficient (Wildman–Crippen LogP) is 2.07. The number of methoxy groups -OCH3 is 1. The van der Waals surface area contributed by atoms with Gasteiger partial charge in [0.25, 0.3) is 5.56 Å². The molecule has 1 saturated carbocycles. The topological polar surface area (TPSA) is 108 Å². The molecule has 1 amide bonds. The third kappa shape index (κ3) is 4.32. The summed E-state index contributed by atoms with van der Waals surface area (Å²) in [4.78, 5) is 38.6. The summed E-state index contributed by atoms with van der Waals surface area (Å²) in [7, 11) is 1.55. The predicted molar refractivity (Wildman–Crippen MR) is 118 cm³/mol. The average Bonchev–Trinajstić information content (AvgIpc) is 3.43. The Balaban J connectivity index is 1.13. The first-order chi connectivity index (χ1) is 15.6. The quantitative estimate of drug-likeness (QED) is 0.657. The van der Waals surface area contributed by atoms with Gasteiger partial charge in [0.15, 0.2) is 5.16 Å². The van der Waals surface area contributed by atoms with E-state index >= 15 is 0 Å². The molecule has 2 aromatic rings. The van der Waals surface area contributed by atoms with E-state index in [1.807, 2.05) is 0 Å². The van der Waals surface area contributed by atoms with E-state index in [1.54, 1.807) is 29.6 Å². The summed E-state index contributed by atoms with van der Waals surface area (Å²) >= 11 is 1.58. The summed E-state index contributed by atoms with van der Waals surface area (Å²) in [5.41, 5.74) is 1.86. The second kappa shape index (κ2) is 9.09. The highest BCUT2D eigenvalue weighted by molar-refractivity contribution is 7.99. The molecule has 9 nitrogen and oxygen atoms in total. The lowest BCUT2D eigenvalue weighted by Gasteiger charge is -2.29. The number of hydrogen-bond donors (Lipinski definition) is 1. The van der Waals surface area contributed by atoms with Gasteiger partial charge in [-0.15, -0.1) is 0 Å². The maximum absolute atomic E-state index is 12.9. The van der Waals surface area contributed by atoms with E-state index in [9.17, 15) is 9.59 Å². The van der Waals surface area contributed by atoms with E-state index < -0.39 is 0 Å². The van der Waals surface area contributed by atoms with Gasteiger partial charge in [-0.05, 0) is 44.9 Å². The highest BCUT2D eigenvalue weighted by Crippen LogP contribution is 2.34. The second-order valence-corrected chi connectivity index (χ2v) is 9.56. The van der Waals surface area contributed by atoms with Gasteiger partial charge < -0.3 is 14.8 Å². The molecular weight excluding hydrogens is 430 g/mol. The van der Waals surface area contributed by atoms with Gasteiger partial charge >= 0.3 is 0 Å². The van der Waals surface area contributed by atoms with Gasteiger partial charge in [-0.3, -0.25) is 19.1 Å². The van der Waals surface area contributed by atoms with E-state index in [4.69, 9.17) is 9.47 Å². The Morgan fingerprint density at radius 2 is 2.00 bits per heavy atom. The first-order valence-corrected chi connectivity index (χ1v) is 12.2. The van der Waals surface area contributed by atoms with E-state index in [0.29, 0.717) is 18.2 Å². The molecule has 2 aliphatic carbocycles. The molecule has 3 aliphatic rings. The molecule has 3 heterocycles. The van der Waals surface area contributed by atoms with Crippen LogP contribution in [-0.4, -0.2) is 50.4 Å². The zero-order chi connectivity index (χ0) is 22.1. The fraction of sp³-hybridized carbons (Fsp3) is 0.591. The van der Waals surface area contributed by atoms with Crippen molar-refractivity contribution in [3.63, 3.8) is 0 Å². The summed E-state index contributed by atoms with van der Waals surface area (Å²) < 4.78 is 12.8. The molecule has 1 unspecified atom stereocenters. The van der Waals surface area contributed by atoms with E-state index in [2.05, 4.69) is 20.3 Å². The zero-order valence-corrected chi connectivity index (χ0v) is 18.9. The molecule has 0 bridgehead atoms. The third-order valence-electron chi connectivity index (χ3n) is 6.42. The van der Waals surface area contributed by atoms with Crippen LogP contribution in [0, 0.1) is 0 Å². The number of thioether (sulfide) groups is 1. The molecule has 5 rings (SSSR count). The maximum Gasteiger partial charge on any atom is 0.257 e. The molecule has 10 heteroatoms. The van der Waals surface area contributed by atoms with Gasteiger partial charge in [0.2, 0.25) is 17.7 Å². The summed E-state index contributed by atoms with van der Waals surface area (Å²) in [6, 6.07) is 0.00865. The molecular formula is C22H27N5O4S. The van der Waals surface area contributed by atoms with Gasteiger partial charge in [0, 0.05) is 23.8 Å². The lowest BCUT2D eigenvalue weighted by atomic mass is 9.92. The molecule has 1 fully saturated rings. The van der Waals surface area contributed by atoms with Crippen LogP contribution >= 0.6 is 11.8 Å². The summed E-state index contributed by atoms with van der Waals surface area (Å²) in [6.07, 6.45) is 9.54. The van der Waals surface area contributed by atoms with Gasteiger partial charge in [-0.1, -0.05) is 11.8 Å². The Morgan fingerprint density at radius 3 is 2.81 bits per heavy atom. The monoisotopic (exact) mass is 457 g/mol. The largest absolute Gasteiger partial charge is 0.480 e. The first-order valence-electron chi connectivity index (χ1n) is 11.2. The molecule has 1 atom stereocenters. The molecule has 0 spiro atoms. The standard InChI is InChI=1S/C22H27N5O4S/c1-30-19-10-23-11-20(26-19)31-15-7-5-13(6-8-15)24-18(28)9-14-12-32-22-25-17-4-2-3-16(17)21(29)27(14)22/h10-11,13-15H,2-9,12H2,1H3,(H,24,28). The number of carbonyl (C=O) groups excluding carboxylic acids is 1. The van der Waals surface area contributed by atoms with Crippen LogP contribution in [0.1, 0.15) is 55.8 Å². The van der Waals surface area contributed by atoms with Crippen molar-refractivity contribution in [3.8, 4) is 11.8 Å². The molecule has 0 saturated heterocycles. The summed E-state index contributed by atoms with van der Waals surface area (Å²) in [5, 5.41) is 3.93. The van der Waals surface area contributed by atoms with Gasteiger partial charge in [0.05, 0.1) is 31.2 Å². The van der Waals surface area contributed by atoms with Crippen molar-refractivity contribution in [1.82, 2.24) is 24.8 Å². The number of ether oxygens (including phenoxy) is 2. The average molecular weight is 458 g/mol. The van der Waals surface area contributed by atoms with Gasteiger partial charge in [-0.25, -0.2) is 4.98 Å². The van der Waals surface area contributed by atoms with Crippen molar-refractivity contribution in [2.45, 2.75) is 74.7 Å². The van der Waals surface area contributed by atoms with Crippen molar-refractivity contribution >= 4 is 17.7 Å². The van der Waals surface area contributed by atoms with E-state index in [1.165, 1.54) is 6.20 Å². The van der Waals surface area contributed by atoms with Crippen LogP contribution in [0.25, 0.3) is 0 Å². The van der Waals surface area contributed by atoms with Gasteiger partial charge in [0.1, 0.15) is 6.10 Å². The van der Waals surface area contributed by atoms with Gasteiger partial charge in [-0.2, -0.15) is 4.98 Å². The van der Waals surface area contributed by atoms with E-state index in [0.717, 1.165) is 67.1 Å². The minimum absolute atomic E-state index is 0.00104. The summed E-state index contributed by atoms with van der Waals surface area (Å²) in [6.45, 7) is 0. The molecule has 32 heavy (non-hydrogen) atoms. The van der Waals surface area contributed by atoms with Crippen LogP contribution in [0.15, 0.2) is 22.3 Å². The van der Waals surface area contributed by atoms with Crippen molar-refractivity contribution in [3.05, 3.63) is 34.0 Å². The lowest BCUT2D eigenvalue weighted by molar-refractivity contribution is -0.122. The molecule has 0 radical (unpaired) electrons. The van der Waals surface area contributed by atoms with Crippen LogP contribution in [0.3, 0.4) is 0 Å². The number of amides is 1. The Labute approximate surface area is 190 Å². The number of nitrogens with one attached hydrogen (secondary N) is 1. The molecule has 170 valence electrons. The minimum Gasteiger partial charge on any atom is -0.480 e. The Kier molecular flexibility index (Phi) is 6.03. The smallest absolute Gasteiger partial charge is 0.257 e. The Morgan fingerprint density at radius 1 is 1.19 bits per heavy atom. The normalized spacial score (nSPS) is 24.0. The van der Waals surface area contributed by atoms with Crippen molar-refractivity contribution in [1.29, 1.82) is 0 Å². The van der Waals surface area contributed by atoms with Crippen molar-refractivity contribution in [2.75, 3.05) is 12.9 Å². The van der Waals surface area contributed by atoms with Crippen molar-refractivity contribution in [2.24, 2.45) is 0 Å². The fourth-order valence-electron chi connectivity index (χ4n) is 4.79. The maximum atomic E-state index is 12.9. The molecule has 1 aliphatic heterocycles. The Bertz CT molecular complexity index is 1070. The number of aryl methyl sites for hydroxylation is 1. The molecule has 2 aromatic heterocycles. The van der Waals surface area contributed by atoms with Crippen molar-refractivity contribution < 1.29 is 14.3 Å². The van der Waals surface area contributed by atoms with Crippen LogP contribution in [-0.2, 0) is 17.6 Å². The zero-order valence-electron chi connectivity index (χ0n) is 18.1. The minimum atomic E-state index is -0.118. The highest BCUT2D eigenvalue weighted by Gasteiger charge is 2.32. The van der Waals surface area contributed by atoms with E-state index in [-0.39, 0.29) is 29.7 Å². The van der Waals surface area contributed by atoms with Crippen LogP contribution in [0.4, 0.5) is 0 Å². The molecule has 1 N–H and O–H groups in total. The molecule has 0 aromatic carbocycles.